The fourth-order valence-corrected chi connectivity index (χ4v) is 2.15. The molecule has 1 N–H and O–H groups in total. The minimum atomic E-state index is -1.36. The van der Waals surface area contributed by atoms with E-state index in [2.05, 4.69) is 10.3 Å². The summed E-state index contributed by atoms with van der Waals surface area (Å²) in [6.45, 7) is 0. The SMILES string of the molecule is O=C(Nc1cccc(-c2ncco2)c1)c1cc([N+](=O)[O-])c(F)cc1F. The molecule has 3 rings (SSSR count). The van der Waals surface area contributed by atoms with Crippen molar-refractivity contribution in [1.29, 1.82) is 0 Å². The van der Waals surface area contributed by atoms with E-state index in [1.807, 2.05) is 0 Å². The summed E-state index contributed by atoms with van der Waals surface area (Å²) in [7, 11) is 0. The molecule has 0 atom stereocenters. The van der Waals surface area contributed by atoms with Crippen LogP contribution in [0.15, 0.2) is 53.3 Å². The largest absolute Gasteiger partial charge is 0.445 e. The Balaban J connectivity index is 1.89. The zero-order valence-electron chi connectivity index (χ0n) is 12.4. The van der Waals surface area contributed by atoms with Crippen LogP contribution in [0.3, 0.4) is 0 Å². The number of nitro benzene ring substituents is 1. The van der Waals surface area contributed by atoms with Crippen LogP contribution in [0.4, 0.5) is 20.2 Å². The first-order valence-electron chi connectivity index (χ1n) is 6.90. The number of anilines is 1. The number of aromatic nitrogens is 1. The lowest BCUT2D eigenvalue weighted by atomic mass is 10.1. The Hall–Kier alpha value is -3.62. The lowest BCUT2D eigenvalue weighted by molar-refractivity contribution is -0.387. The Morgan fingerprint density at radius 1 is 1.20 bits per heavy atom. The van der Waals surface area contributed by atoms with Crippen molar-refractivity contribution in [2.75, 3.05) is 5.32 Å². The average molecular weight is 345 g/mol. The minimum Gasteiger partial charge on any atom is -0.445 e. The Labute approximate surface area is 139 Å². The van der Waals surface area contributed by atoms with Crippen LogP contribution in [0, 0.1) is 21.7 Å². The van der Waals surface area contributed by atoms with Crippen LogP contribution in [0.2, 0.25) is 0 Å². The molecule has 0 saturated heterocycles. The second-order valence-electron chi connectivity index (χ2n) is 4.91. The van der Waals surface area contributed by atoms with Gasteiger partial charge in [-0.3, -0.25) is 14.9 Å². The molecule has 0 bridgehead atoms. The van der Waals surface area contributed by atoms with Crippen LogP contribution in [-0.4, -0.2) is 15.8 Å². The number of carbonyl (C=O) groups is 1. The van der Waals surface area contributed by atoms with Crippen LogP contribution < -0.4 is 5.32 Å². The van der Waals surface area contributed by atoms with Crippen molar-refractivity contribution in [3.63, 3.8) is 0 Å². The quantitative estimate of drug-likeness (QED) is 0.573. The van der Waals surface area contributed by atoms with E-state index in [0.717, 1.165) is 0 Å². The molecule has 3 aromatic rings. The van der Waals surface area contributed by atoms with Crippen LogP contribution >= 0.6 is 0 Å². The van der Waals surface area contributed by atoms with Crippen molar-refractivity contribution in [3.05, 3.63) is 76.2 Å². The first-order valence-corrected chi connectivity index (χ1v) is 6.90. The van der Waals surface area contributed by atoms with E-state index in [1.54, 1.807) is 12.1 Å². The summed E-state index contributed by atoms with van der Waals surface area (Å²) in [4.78, 5) is 25.9. The molecule has 0 saturated carbocycles. The highest BCUT2D eigenvalue weighted by Crippen LogP contribution is 2.24. The fraction of sp³-hybridized carbons (Fsp3) is 0. The van der Waals surface area contributed by atoms with Crippen molar-refractivity contribution in [2.45, 2.75) is 0 Å². The summed E-state index contributed by atoms with van der Waals surface area (Å²) < 4.78 is 32.3. The van der Waals surface area contributed by atoms with E-state index >= 15 is 0 Å². The molecule has 1 heterocycles. The highest BCUT2D eigenvalue weighted by Gasteiger charge is 2.22. The molecule has 1 aromatic heterocycles. The van der Waals surface area contributed by atoms with Crippen molar-refractivity contribution in [1.82, 2.24) is 4.98 Å². The Bertz CT molecular complexity index is 958. The maximum Gasteiger partial charge on any atom is 0.305 e. The van der Waals surface area contributed by atoms with Gasteiger partial charge in [0.1, 0.15) is 12.1 Å². The van der Waals surface area contributed by atoms with Gasteiger partial charge in [-0.15, -0.1) is 0 Å². The normalized spacial score (nSPS) is 10.5. The summed E-state index contributed by atoms with van der Waals surface area (Å²) in [6.07, 6.45) is 2.83. The minimum absolute atomic E-state index is 0.284. The lowest BCUT2D eigenvalue weighted by Gasteiger charge is -2.07. The van der Waals surface area contributed by atoms with Gasteiger partial charge in [-0.05, 0) is 18.2 Å². The molecule has 1 amide bonds. The molecule has 0 aliphatic heterocycles. The molecule has 7 nitrogen and oxygen atoms in total. The van der Waals surface area contributed by atoms with Crippen molar-refractivity contribution < 1.29 is 22.9 Å². The molecule has 0 aliphatic rings. The van der Waals surface area contributed by atoms with Crippen LogP contribution in [0.1, 0.15) is 10.4 Å². The molecule has 126 valence electrons. The molecular weight excluding hydrogens is 336 g/mol. The van der Waals surface area contributed by atoms with Crippen molar-refractivity contribution >= 4 is 17.3 Å². The average Bonchev–Trinajstić information content (AvgIpc) is 3.09. The van der Waals surface area contributed by atoms with Gasteiger partial charge in [0.15, 0.2) is 0 Å². The molecule has 0 radical (unpaired) electrons. The highest BCUT2D eigenvalue weighted by atomic mass is 19.1. The standard InChI is InChI=1S/C16H9F2N3O4/c17-12-8-13(18)14(21(23)24)7-11(12)15(22)20-10-3-1-2-9(6-10)16-19-4-5-25-16/h1-8H,(H,20,22). The number of oxazole rings is 1. The second-order valence-corrected chi connectivity index (χ2v) is 4.91. The number of carbonyl (C=O) groups excluding carboxylic acids is 1. The van der Waals surface area contributed by atoms with Gasteiger partial charge >= 0.3 is 5.69 Å². The van der Waals surface area contributed by atoms with E-state index < -0.39 is 33.7 Å². The highest BCUT2D eigenvalue weighted by molar-refractivity contribution is 6.05. The van der Waals surface area contributed by atoms with Gasteiger partial charge in [0.25, 0.3) is 5.91 Å². The lowest BCUT2D eigenvalue weighted by Crippen LogP contribution is -2.14. The number of nitrogens with one attached hydrogen (secondary N) is 1. The summed E-state index contributed by atoms with van der Waals surface area (Å²) in [6, 6.07) is 7.21. The number of hydrogen-bond acceptors (Lipinski definition) is 5. The van der Waals surface area contributed by atoms with Gasteiger partial charge in [-0.25, -0.2) is 9.37 Å². The number of halogens is 2. The zero-order valence-corrected chi connectivity index (χ0v) is 12.4. The first-order chi connectivity index (χ1) is 12.0. The van der Waals surface area contributed by atoms with Gasteiger partial charge < -0.3 is 9.73 Å². The third-order valence-electron chi connectivity index (χ3n) is 3.28. The zero-order chi connectivity index (χ0) is 18.0. The Morgan fingerprint density at radius 3 is 2.68 bits per heavy atom. The monoisotopic (exact) mass is 345 g/mol. The van der Waals surface area contributed by atoms with Crippen molar-refractivity contribution in [2.24, 2.45) is 0 Å². The molecule has 0 aliphatic carbocycles. The third-order valence-corrected chi connectivity index (χ3v) is 3.28. The van der Waals surface area contributed by atoms with E-state index in [-0.39, 0.29) is 5.69 Å². The van der Waals surface area contributed by atoms with E-state index in [0.29, 0.717) is 23.6 Å². The number of hydrogen-bond donors (Lipinski definition) is 1. The molecule has 0 unspecified atom stereocenters. The number of rotatable bonds is 4. The van der Waals surface area contributed by atoms with Crippen LogP contribution in [0.25, 0.3) is 11.5 Å². The predicted molar refractivity (Wildman–Crippen MR) is 82.9 cm³/mol. The van der Waals surface area contributed by atoms with Gasteiger partial charge in [0.2, 0.25) is 11.7 Å². The second kappa shape index (κ2) is 6.48. The van der Waals surface area contributed by atoms with Crippen LogP contribution in [0.5, 0.6) is 0 Å². The van der Waals surface area contributed by atoms with Crippen molar-refractivity contribution in [3.8, 4) is 11.5 Å². The van der Waals surface area contributed by atoms with Gasteiger partial charge in [0, 0.05) is 23.4 Å². The maximum absolute atomic E-state index is 13.8. The predicted octanol–water partition coefficient (Wildman–Crippen LogP) is 3.78. The van der Waals surface area contributed by atoms with Gasteiger partial charge in [0.05, 0.1) is 16.7 Å². The van der Waals surface area contributed by atoms with E-state index in [1.165, 1.54) is 24.6 Å². The number of nitrogens with zero attached hydrogens (tertiary/aromatic N) is 2. The third kappa shape index (κ3) is 3.34. The fourth-order valence-electron chi connectivity index (χ4n) is 2.15. The number of amides is 1. The smallest absolute Gasteiger partial charge is 0.305 e. The number of benzene rings is 2. The van der Waals surface area contributed by atoms with E-state index in [9.17, 15) is 23.7 Å². The molecule has 25 heavy (non-hydrogen) atoms. The summed E-state index contributed by atoms with van der Waals surface area (Å²) in [5.41, 5.74) is -0.782. The molecule has 2 aromatic carbocycles. The van der Waals surface area contributed by atoms with Gasteiger partial charge in [-0.2, -0.15) is 4.39 Å². The van der Waals surface area contributed by atoms with Crippen LogP contribution in [-0.2, 0) is 0 Å². The summed E-state index contributed by atoms with van der Waals surface area (Å²) in [5.74, 6) is -3.20. The van der Waals surface area contributed by atoms with Gasteiger partial charge in [-0.1, -0.05) is 6.07 Å². The first kappa shape index (κ1) is 16.2. The molecular formula is C16H9F2N3O4. The summed E-state index contributed by atoms with van der Waals surface area (Å²) >= 11 is 0. The molecule has 0 fully saturated rings. The summed E-state index contributed by atoms with van der Waals surface area (Å²) in [5, 5.41) is 13.1. The molecule has 9 heteroatoms. The van der Waals surface area contributed by atoms with E-state index in [4.69, 9.17) is 4.42 Å². The Morgan fingerprint density at radius 2 is 2.00 bits per heavy atom. The maximum atomic E-state index is 13.8. The topological polar surface area (TPSA) is 98.3 Å². The number of nitro groups is 1. The Kier molecular flexibility index (Phi) is 4.21. The molecule has 0 spiro atoms.